The molecule has 1 nitrogen and oxygen atoms in total. The molecule has 0 spiro atoms. The average Bonchev–Trinajstić information content (AvgIpc) is 2.52. The van der Waals surface area contributed by atoms with Gasteiger partial charge in [0.2, 0.25) is 0 Å². The van der Waals surface area contributed by atoms with Gasteiger partial charge in [0.1, 0.15) is 5.82 Å². The minimum Gasteiger partial charge on any atom is -0.306 e. The summed E-state index contributed by atoms with van der Waals surface area (Å²) in [5, 5.41) is 0.550. The lowest BCUT2D eigenvalue weighted by Gasteiger charge is -2.36. The molecule has 0 unspecified atom stereocenters. The number of halogens is 1. The van der Waals surface area contributed by atoms with Gasteiger partial charge in [-0.25, -0.2) is 4.39 Å². The first kappa shape index (κ1) is 14.6. The second-order valence-corrected chi connectivity index (χ2v) is 6.99. The molecular weight excluding hydrogens is 281 g/mol. The Morgan fingerprint density at radius 2 is 1.76 bits per heavy atom. The topological polar surface area (TPSA) is 3.24 Å². The van der Waals surface area contributed by atoms with Gasteiger partial charge >= 0.3 is 0 Å². The molecule has 2 aromatic rings. The van der Waals surface area contributed by atoms with E-state index in [1.165, 1.54) is 5.56 Å². The molecule has 0 N–H and O–H groups in total. The smallest absolute Gasteiger partial charge is 0.123 e. The predicted octanol–water partition coefficient (Wildman–Crippen LogP) is 4.41. The molecule has 0 aromatic heterocycles. The van der Waals surface area contributed by atoms with E-state index in [-0.39, 0.29) is 5.82 Å². The minimum atomic E-state index is -0.165. The summed E-state index contributed by atoms with van der Waals surface area (Å²) in [6.07, 6.45) is 1.16. The summed E-state index contributed by atoms with van der Waals surface area (Å²) in [5.74, 6) is 0.363. The molecular formula is C18H20FNS. The SMILES string of the molecule is CN1CC[C@H](Sc2ccc(F)cc2)[C@H](c2ccccc2)C1. The van der Waals surface area contributed by atoms with E-state index >= 15 is 0 Å². The minimum absolute atomic E-state index is 0.165. The maximum atomic E-state index is 13.0. The van der Waals surface area contributed by atoms with E-state index in [4.69, 9.17) is 0 Å². The zero-order valence-corrected chi connectivity index (χ0v) is 13.0. The Kier molecular flexibility index (Phi) is 4.61. The van der Waals surface area contributed by atoms with Crippen LogP contribution in [0.25, 0.3) is 0 Å². The molecule has 110 valence electrons. The molecule has 21 heavy (non-hydrogen) atoms. The molecule has 0 amide bonds. The van der Waals surface area contributed by atoms with Gasteiger partial charge in [0, 0.05) is 22.6 Å². The predicted molar refractivity (Wildman–Crippen MR) is 87.3 cm³/mol. The van der Waals surface area contributed by atoms with Crippen LogP contribution in [0.15, 0.2) is 59.5 Å². The van der Waals surface area contributed by atoms with Crippen molar-refractivity contribution in [3.63, 3.8) is 0 Å². The Balaban J connectivity index is 1.79. The molecule has 3 rings (SSSR count). The van der Waals surface area contributed by atoms with Gasteiger partial charge in [-0.05, 0) is 49.8 Å². The summed E-state index contributed by atoms with van der Waals surface area (Å²) in [6.45, 7) is 2.21. The molecule has 1 aliphatic rings. The van der Waals surface area contributed by atoms with E-state index < -0.39 is 0 Å². The Morgan fingerprint density at radius 3 is 2.48 bits per heavy atom. The first-order valence-corrected chi connectivity index (χ1v) is 8.26. The molecule has 0 aliphatic carbocycles. The monoisotopic (exact) mass is 301 g/mol. The second kappa shape index (κ2) is 6.63. The van der Waals surface area contributed by atoms with Crippen LogP contribution in [0.5, 0.6) is 0 Å². The van der Waals surface area contributed by atoms with Crippen LogP contribution in [0.2, 0.25) is 0 Å². The van der Waals surface area contributed by atoms with E-state index in [0.29, 0.717) is 11.2 Å². The number of likely N-dealkylation sites (tertiary alicyclic amines) is 1. The first-order valence-electron chi connectivity index (χ1n) is 7.38. The number of thioether (sulfide) groups is 1. The summed E-state index contributed by atoms with van der Waals surface area (Å²) in [4.78, 5) is 3.56. The molecule has 3 heteroatoms. The Morgan fingerprint density at radius 1 is 1.05 bits per heavy atom. The molecule has 1 saturated heterocycles. The maximum Gasteiger partial charge on any atom is 0.123 e. The lowest BCUT2D eigenvalue weighted by Crippen LogP contribution is -2.38. The van der Waals surface area contributed by atoms with Gasteiger partial charge in [0.25, 0.3) is 0 Å². The molecule has 0 saturated carbocycles. The van der Waals surface area contributed by atoms with Gasteiger partial charge in [0.05, 0.1) is 0 Å². The zero-order valence-electron chi connectivity index (χ0n) is 12.2. The van der Waals surface area contributed by atoms with Crippen LogP contribution >= 0.6 is 11.8 Å². The third-order valence-corrected chi connectivity index (χ3v) is 5.49. The number of rotatable bonds is 3. The Hall–Kier alpha value is -1.32. The molecule has 0 radical (unpaired) electrons. The summed E-state index contributed by atoms with van der Waals surface area (Å²) in [6, 6.07) is 17.6. The fourth-order valence-electron chi connectivity index (χ4n) is 2.94. The molecule has 0 bridgehead atoms. The zero-order chi connectivity index (χ0) is 14.7. The highest BCUT2D eigenvalue weighted by Gasteiger charge is 2.29. The van der Waals surface area contributed by atoms with Gasteiger partial charge in [-0.15, -0.1) is 11.8 Å². The molecule has 2 aromatic carbocycles. The van der Waals surface area contributed by atoms with E-state index in [0.717, 1.165) is 24.4 Å². The number of piperidine rings is 1. The summed E-state index contributed by atoms with van der Waals surface area (Å²) in [7, 11) is 2.19. The van der Waals surface area contributed by atoms with Crippen LogP contribution in [0.3, 0.4) is 0 Å². The van der Waals surface area contributed by atoms with Crippen LogP contribution in [-0.4, -0.2) is 30.3 Å². The van der Waals surface area contributed by atoms with Crippen LogP contribution in [0.4, 0.5) is 4.39 Å². The van der Waals surface area contributed by atoms with E-state index in [9.17, 15) is 4.39 Å². The summed E-state index contributed by atoms with van der Waals surface area (Å²) >= 11 is 1.88. The molecule has 1 aliphatic heterocycles. The molecule has 2 atom stereocenters. The molecule has 1 heterocycles. The van der Waals surface area contributed by atoms with E-state index in [1.54, 1.807) is 12.1 Å². The van der Waals surface area contributed by atoms with Crippen LogP contribution in [-0.2, 0) is 0 Å². The third-order valence-electron chi connectivity index (χ3n) is 4.08. The van der Waals surface area contributed by atoms with Crippen molar-refractivity contribution in [1.82, 2.24) is 4.90 Å². The molecule has 1 fully saturated rings. The quantitative estimate of drug-likeness (QED) is 0.826. The van der Waals surface area contributed by atoms with Gasteiger partial charge in [0.15, 0.2) is 0 Å². The lowest BCUT2D eigenvalue weighted by atomic mass is 9.90. The van der Waals surface area contributed by atoms with Gasteiger partial charge in [-0.1, -0.05) is 30.3 Å². The van der Waals surface area contributed by atoms with Crippen molar-refractivity contribution < 1.29 is 4.39 Å². The number of likely N-dealkylation sites (N-methyl/N-ethyl adjacent to an activating group) is 1. The fraction of sp³-hybridized carbons (Fsp3) is 0.333. The van der Waals surface area contributed by atoms with Crippen molar-refractivity contribution in [3.8, 4) is 0 Å². The van der Waals surface area contributed by atoms with Crippen LogP contribution < -0.4 is 0 Å². The van der Waals surface area contributed by atoms with Crippen LogP contribution in [0, 0.1) is 5.82 Å². The second-order valence-electron chi connectivity index (χ2n) is 5.68. The number of benzene rings is 2. The van der Waals surface area contributed by atoms with Crippen molar-refractivity contribution in [1.29, 1.82) is 0 Å². The van der Waals surface area contributed by atoms with Gasteiger partial charge in [-0.3, -0.25) is 0 Å². The standard InChI is InChI=1S/C18H20FNS/c1-20-12-11-18(21-16-9-7-15(19)8-10-16)17(13-20)14-5-3-2-4-6-14/h2-10,17-18H,11-13H2,1H3/t17-,18-/m0/s1. The van der Waals surface area contributed by atoms with E-state index in [2.05, 4.69) is 42.3 Å². The highest BCUT2D eigenvalue weighted by atomic mass is 32.2. The third kappa shape index (κ3) is 3.66. The normalized spacial score (nSPS) is 23.1. The van der Waals surface area contributed by atoms with E-state index in [1.807, 2.05) is 23.9 Å². The van der Waals surface area contributed by atoms with Crippen molar-refractivity contribution >= 4 is 11.8 Å². The van der Waals surface area contributed by atoms with Crippen molar-refractivity contribution in [2.24, 2.45) is 0 Å². The summed E-state index contributed by atoms with van der Waals surface area (Å²) in [5.41, 5.74) is 1.41. The van der Waals surface area contributed by atoms with Crippen LogP contribution in [0.1, 0.15) is 17.9 Å². The van der Waals surface area contributed by atoms with Gasteiger partial charge in [-0.2, -0.15) is 0 Å². The summed E-state index contributed by atoms with van der Waals surface area (Å²) < 4.78 is 13.0. The van der Waals surface area contributed by atoms with Crippen molar-refractivity contribution in [2.45, 2.75) is 22.5 Å². The maximum absolute atomic E-state index is 13.0. The van der Waals surface area contributed by atoms with Crippen molar-refractivity contribution in [2.75, 3.05) is 20.1 Å². The number of nitrogens with zero attached hydrogens (tertiary/aromatic N) is 1. The lowest BCUT2D eigenvalue weighted by molar-refractivity contribution is 0.256. The Bertz CT molecular complexity index is 570. The highest BCUT2D eigenvalue weighted by Crippen LogP contribution is 2.38. The fourth-order valence-corrected chi connectivity index (χ4v) is 4.22. The first-order chi connectivity index (χ1) is 10.2. The van der Waals surface area contributed by atoms with Gasteiger partial charge < -0.3 is 4.90 Å². The largest absolute Gasteiger partial charge is 0.306 e. The Labute approximate surface area is 130 Å². The highest BCUT2D eigenvalue weighted by molar-refractivity contribution is 8.00. The number of hydrogen-bond acceptors (Lipinski definition) is 2. The number of hydrogen-bond donors (Lipinski definition) is 0. The average molecular weight is 301 g/mol. The van der Waals surface area contributed by atoms with Crippen molar-refractivity contribution in [3.05, 3.63) is 66.0 Å².